The van der Waals surface area contributed by atoms with E-state index in [9.17, 15) is 0 Å². The molecule has 1 unspecified atom stereocenters. The van der Waals surface area contributed by atoms with Gasteiger partial charge in [-0.25, -0.2) is 4.98 Å². The van der Waals surface area contributed by atoms with Crippen molar-refractivity contribution in [3.63, 3.8) is 0 Å². The molecule has 0 amide bonds. The molecular weight excluding hydrogens is 242 g/mol. The maximum absolute atomic E-state index is 4.61. The van der Waals surface area contributed by atoms with Gasteiger partial charge >= 0.3 is 0 Å². The van der Waals surface area contributed by atoms with Gasteiger partial charge in [-0.2, -0.15) is 4.37 Å². The van der Waals surface area contributed by atoms with E-state index in [1.54, 1.807) is 0 Å². The van der Waals surface area contributed by atoms with E-state index in [1.807, 2.05) is 0 Å². The van der Waals surface area contributed by atoms with Crippen LogP contribution >= 0.6 is 11.5 Å². The highest BCUT2D eigenvalue weighted by Crippen LogP contribution is 2.29. The van der Waals surface area contributed by atoms with Gasteiger partial charge in [-0.3, -0.25) is 0 Å². The van der Waals surface area contributed by atoms with Gasteiger partial charge < -0.3 is 5.32 Å². The molecule has 0 aliphatic heterocycles. The second kappa shape index (κ2) is 5.55. The van der Waals surface area contributed by atoms with Gasteiger partial charge in [-0.05, 0) is 25.7 Å². The van der Waals surface area contributed by atoms with Crippen LogP contribution in [0.1, 0.15) is 65.6 Å². The van der Waals surface area contributed by atoms with E-state index in [4.69, 9.17) is 0 Å². The van der Waals surface area contributed by atoms with Crippen molar-refractivity contribution in [1.29, 1.82) is 0 Å². The molecule has 1 aliphatic carbocycles. The Morgan fingerprint density at radius 2 is 1.89 bits per heavy atom. The quantitative estimate of drug-likeness (QED) is 0.891. The van der Waals surface area contributed by atoms with Gasteiger partial charge in [-0.1, -0.05) is 40.0 Å². The fourth-order valence-corrected chi connectivity index (χ4v) is 3.39. The first-order chi connectivity index (χ1) is 8.47. The molecule has 1 N–H and O–H groups in total. The first-order valence-electron chi connectivity index (χ1n) is 7.07. The Kier molecular flexibility index (Phi) is 4.25. The van der Waals surface area contributed by atoms with Crippen molar-refractivity contribution in [3.8, 4) is 0 Å². The Morgan fingerprint density at radius 1 is 1.22 bits per heavy atom. The molecule has 1 aliphatic rings. The molecule has 102 valence electrons. The third-order valence-corrected chi connectivity index (χ3v) is 4.45. The summed E-state index contributed by atoms with van der Waals surface area (Å²) in [6.07, 6.45) is 6.91. The first-order valence-corrected chi connectivity index (χ1v) is 7.85. The molecule has 1 atom stereocenters. The van der Waals surface area contributed by atoms with Crippen molar-refractivity contribution < 1.29 is 0 Å². The predicted molar refractivity (Wildman–Crippen MR) is 78.3 cm³/mol. The Labute approximate surface area is 115 Å². The fraction of sp³-hybridized carbons (Fsp3) is 0.857. The highest BCUT2D eigenvalue weighted by molar-refractivity contribution is 7.09. The summed E-state index contributed by atoms with van der Waals surface area (Å²) in [6, 6.07) is 0.520. The molecule has 4 heteroatoms. The summed E-state index contributed by atoms with van der Waals surface area (Å²) < 4.78 is 4.45. The minimum Gasteiger partial charge on any atom is -0.358 e. The van der Waals surface area contributed by atoms with Crippen LogP contribution in [0.4, 0.5) is 5.13 Å². The van der Waals surface area contributed by atoms with Crippen LogP contribution in [0.25, 0.3) is 0 Å². The lowest BCUT2D eigenvalue weighted by molar-refractivity contribution is 0.328. The topological polar surface area (TPSA) is 37.8 Å². The van der Waals surface area contributed by atoms with E-state index in [-0.39, 0.29) is 5.41 Å². The number of rotatable bonds is 3. The summed E-state index contributed by atoms with van der Waals surface area (Å²) in [6.45, 7) is 8.75. The van der Waals surface area contributed by atoms with Crippen LogP contribution in [0.2, 0.25) is 0 Å². The minimum absolute atomic E-state index is 0.0461. The van der Waals surface area contributed by atoms with Crippen molar-refractivity contribution in [2.45, 2.75) is 71.3 Å². The number of nitrogens with zero attached hydrogens (tertiary/aromatic N) is 2. The molecule has 2 rings (SSSR count). The summed E-state index contributed by atoms with van der Waals surface area (Å²) in [5.74, 6) is 1.76. The maximum atomic E-state index is 4.61. The molecule has 0 radical (unpaired) electrons. The van der Waals surface area contributed by atoms with E-state index >= 15 is 0 Å². The zero-order valence-corrected chi connectivity index (χ0v) is 12.8. The lowest BCUT2D eigenvalue weighted by atomic mass is 9.85. The molecule has 1 saturated carbocycles. The molecule has 0 aromatic carbocycles. The molecule has 0 spiro atoms. The van der Waals surface area contributed by atoms with Gasteiger partial charge in [0.2, 0.25) is 5.13 Å². The second-order valence-corrected chi connectivity index (χ2v) is 7.26. The third kappa shape index (κ3) is 3.44. The molecule has 3 nitrogen and oxygen atoms in total. The zero-order valence-electron chi connectivity index (χ0n) is 12.0. The van der Waals surface area contributed by atoms with Crippen LogP contribution in [-0.2, 0) is 5.41 Å². The molecule has 0 saturated heterocycles. The molecular formula is C14H25N3S. The van der Waals surface area contributed by atoms with Crippen LogP contribution in [0.5, 0.6) is 0 Å². The number of aromatic nitrogens is 2. The molecule has 1 aromatic rings. The van der Waals surface area contributed by atoms with Crippen LogP contribution in [-0.4, -0.2) is 15.4 Å². The van der Waals surface area contributed by atoms with E-state index in [1.165, 1.54) is 43.6 Å². The van der Waals surface area contributed by atoms with Gasteiger partial charge in [0, 0.05) is 23.0 Å². The number of hydrogen-bond donors (Lipinski definition) is 1. The van der Waals surface area contributed by atoms with Crippen molar-refractivity contribution in [3.05, 3.63) is 5.82 Å². The molecule has 1 aromatic heterocycles. The summed E-state index contributed by atoms with van der Waals surface area (Å²) in [7, 11) is 0. The molecule has 18 heavy (non-hydrogen) atoms. The van der Waals surface area contributed by atoms with Crippen molar-refractivity contribution >= 4 is 16.7 Å². The summed E-state index contributed by atoms with van der Waals surface area (Å²) >= 11 is 1.50. The van der Waals surface area contributed by atoms with Gasteiger partial charge in [0.1, 0.15) is 5.82 Å². The van der Waals surface area contributed by atoms with Gasteiger partial charge in [-0.15, -0.1) is 0 Å². The van der Waals surface area contributed by atoms with Crippen molar-refractivity contribution in [2.75, 3.05) is 5.32 Å². The zero-order chi connectivity index (χ0) is 13.2. The molecule has 1 fully saturated rings. The Balaban J connectivity index is 1.94. The Hall–Kier alpha value is -0.640. The first kappa shape index (κ1) is 13.8. The van der Waals surface area contributed by atoms with E-state index in [0.29, 0.717) is 6.04 Å². The van der Waals surface area contributed by atoms with Crippen LogP contribution in [0, 0.1) is 5.92 Å². The van der Waals surface area contributed by atoms with E-state index in [2.05, 4.69) is 42.4 Å². The monoisotopic (exact) mass is 267 g/mol. The van der Waals surface area contributed by atoms with Gasteiger partial charge in [0.15, 0.2) is 0 Å². The average molecular weight is 267 g/mol. The van der Waals surface area contributed by atoms with Crippen LogP contribution in [0.3, 0.4) is 0 Å². The van der Waals surface area contributed by atoms with Crippen LogP contribution < -0.4 is 5.32 Å². The highest BCUT2D eigenvalue weighted by Gasteiger charge is 2.23. The minimum atomic E-state index is 0.0461. The summed E-state index contributed by atoms with van der Waals surface area (Å²) in [5, 5.41) is 4.53. The largest absolute Gasteiger partial charge is 0.358 e. The second-order valence-electron chi connectivity index (χ2n) is 6.50. The Bertz CT molecular complexity index is 375. The number of anilines is 1. The van der Waals surface area contributed by atoms with Gasteiger partial charge in [0.05, 0.1) is 0 Å². The van der Waals surface area contributed by atoms with E-state index in [0.717, 1.165) is 16.9 Å². The molecule has 0 bridgehead atoms. The lowest BCUT2D eigenvalue weighted by Gasteiger charge is -2.27. The summed E-state index contributed by atoms with van der Waals surface area (Å²) in [4.78, 5) is 4.61. The van der Waals surface area contributed by atoms with E-state index < -0.39 is 0 Å². The number of hydrogen-bond acceptors (Lipinski definition) is 4. The predicted octanol–water partition coefficient (Wildman–Crippen LogP) is 4.22. The Morgan fingerprint density at radius 3 is 2.44 bits per heavy atom. The van der Waals surface area contributed by atoms with Crippen molar-refractivity contribution in [1.82, 2.24) is 9.36 Å². The maximum Gasteiger partial charge on any atom is 0.202 e. The third-order valence-electron chi connectivity index (χ3n) is 3.80. The smallest absolute Gasteiger partial charge is 0.202 e. The normalized spacial score (nSPS) is 19.8. The molecule has 1 heterocycles. The lowest BCUT2D eigenvalue weighted by Crippen LogP contribution is -2.27. The van der Waals surface area contributed by atoms with Crippen molar-refractivity contribution in [2.24, 2.45) is 5.92 Å². The summed E-state index contributed by atoms with van der Waals surface area (Å²) in [5.41, 5.74) is 0.0461. The fourth-order valence-electron chi connectivity index (χ4n) is 2.53. The number of nitrogens with one attached hydrogen (secondary N) is 1. The SMILES string of the molecule is CC(Nc1nc(C(C)(C)C)ns1)C1CCCCC1. The van der Waals surface area contributed by atoms with Crippen LogP contribution in [0.15, 0.2) is 0 Å². The highest BCUT2D eigenvalue weighted by atomic mass is 32.1. The standard InChI is InChI=1S/C14H25N3S/c1-10(11-8-6-5-7-9-11)15-13-16-12(17-18-13)14(2,3)4/h10-11H,5-9H2,1-4H3,(H,15,16,17). The van der Waals surface area contributed by atoms with Gasteiger partial charge in [0.25, 0.3) is 0 Å². The average Bonchev–Trinajstić information content (AvgIpc) is 2.78.